The minimum atomic E-state index is -0.733. The lowest BCUT2D eigenvalue weighted by atomic mass is 10.1. The second-order valence-electron chi connectivity index (χ2n) is 4.74. The summed E-state index contributed by atoms with van der Waals surface area (Å²) in [6.07, 6.45) is 0. The molecule has 2 aromatic carbocycles. The molecule has 0 aromatic heterocycles. The van der Waals surface area contributed by atoms with Crippen molar-refractivity contribution < 1.29 is 13.7 Å². The first-order valence-corrected chi connectivity index (χ1v) is 6.36. The van der Waals surface area contributed by atoms with Gasteiger partial charge in [0, 0.05) is 6.07 Å². The van der Waals surface area contributed by atoms with E-state index in [1.807, 2.05) is 0 Å². The van der Waals surface area contributed by atoms with E-state index in [-0.39, 0.29) is 11.4 Å². The van der Waals surface area contributed by atoms with Gasteiger partial charge in [-0.05, 0) is 25.5 Å². The molecule has 0 amide bonds. The number of hydrogen-bond donors (Lipinski definition) is 1. The van der Waals surface area contributed by atoms with Gasteiger partial charge in [0.1, 0.15) is 11.5 Å². The zero-order valence-corrected chi connectivity index (χ0v) is 11.6. The van der Waals surface area contributed by atoms with E-state index in [1.54, 1.807) is 25.1 Å². The summed E-state index contributed by atoms with van der Waals surface area (Å²) in [5, 5.41) is 13.7. The van der Waals surface area contributed by atoms with Crippen LogP contribution < -0.4 is 5.32 Å². The largest absolute Gasteiger partial charge is 0.373 e. The molecule has 0 aliphatic heterocycles. The van der Waals surface area contributed by atoms with Crippen LogP contribution in [0.5, 0.6) is 0 Å². The number of nitro benzene ring substituents is 1. The smallest absolute Gasteiger partial charge is 0.274 e. The van der Waals surface area contributed by atoms with Crippen LogP contribution in [0.1, 0.15) is 24.1 Å². The van der Waals surface area contributed by atoms with Gasteiger partial charge in [0.2, 0.25) is 0 Å². The first-order valence-electron chi connectivity index (χ1n) is 6.36. The van der Waals surface area contributed by atoms with Gasteiger partial charge in [0.05, 0.1) is 16.5 Å². The number of halogens is 2. The van der Waals surface area contributed by atoms with Crippen molar-refractivity contribution in [1.82, 2.24) is 0 Å². The highest BCUT2D eigenvalue weighted by atomic mass is 19.1. The highest BCUT2D eigenvalue weighted by Crippen LogP contribution is 2.30. The normalized spacial score (nSPS) is 12.0. The maximum absolute atomic E-state index is 14.0. The molecule has 0 heterocycles. The molecule has 0 aliphatic carbocycles. The predicted octanol–water partition coefficient (Wildman–Crippen LogP) is 4.35. The number of nitrogens with zero attached hydrogens (tertiary/aromatic N) is 1. The summed E-state index contributed by atoms with van der Waals surface area (Å²) >= 11 is 0. The number of rotatable bonds is 4. The molecule has 0 spiro atoms. The summed E-state index contributed by atoms with van der Waals surface area (Å²) in [5.41, 5.74) is 0.295. The summed E-state index contributed by atoms with van der Waals surface area (Å²) in [6.45, 7) is 3.14. The predicted molar refractivity (Wildman–Crippen MR) is 76.2 cm³/mol. The fourth-order valence-corrected chi connectivity index (χ4v) is 2.10. The number of anilines is 1. The average molecular weight is 292 g/mol. The maximum Gasteiger partial charge on any atom is 0.274 e. The third-order valence-corrected chi connectivity index (χ3v) is 3.24. The van der Waals surface area contributed by atoms with Gasteiger partial charge in [-0.1, -0.05) is 24.3 Å². The topological polar surface area (TPSA) is 55.2 Å². The van der Waals surface area contributed by atoms with E-state index in [2.05, 4.69) is 5.32 Å². The highest BCUT2D eigenvalue weighted by Gasteiger charge is 2.20. The van der Waals surface area contributed by atoms with E-state index >= 15 is 0 Å². The Balaban J connectivity index is 2.37. The number of nitrogens with one attached hydrogen (secondary N) is 1. The first kappa shape index (κ1) is 14.9. The zero-order valence-electron chi connectivity index (χ0n) is 11.6. The van der Waals surface area contributed by atoms with Gasteiger partial charge in [-0.2, -0.15) is 0 Å². The number of nitro groups is 1. The molecular weight excluding hydrogens is 278 g/mol. The van der Waals surface area contributed by atoms with E-state index in [1.165, 1.54) is 19.1 Å². The van der Waals surface area contributed by atoms with E-state index < -0.39 is 22.6 Å². The van der Waals surface area contributed by atoms with Gasteiger partial charge >= 0.3 is 0 Å². The Morgan fingerprint density at radius 3 is 2.52 bits per heavy atom. The van der Waals surface area contributed by atoms with Crippen molar-refractivity contribution in [3.8, 4) is 0 Å². The lowest BCUT2D eigenvalue weighted by Crippen LogP contribution is -2.12. The molecule has 4 nitrogen and oxygen atoms in total. The Morgan fingerprint density at radius 1 is 1.19 bits per heavy atom. The van der Waals surface area contributed by atoms with E-state index in [0.29, 0.717) is 11.1 Å². The number of para-hydroxylation sites is 1. The van der Waals surface area contributed by atoms with Crippen LogP contribution >= 0.6 is 0 Å². The molecule has 1 unspecified atom stereocenters. The summed E-state index contributed by atoms with van der Waals surface area (Å²) in [6, 6.07) is 7.99. The molecule has 0 saturated heterocycles. The van der Waals surface area contributed by atoms with Crippen LogP contribution in [0.15, 0.2) is 36.4 Å². The number of hydrogen-bond acceptors (Lipinski definition) is 3. The van der Waals surface area contributed by atoms with Gasteiger partial charge in [0.15, 0.2) is 5.82 Å². The lowest BCUT2D eigenvalue weighted by molar-refractivity contribution is -0.385. The zero-order chi connectivity index (χ0) is 15.6. The minimum Gasteiger partial charge on any atom is -0.373 e. The SMILES string of the molecule is Cc1ccc(F)c(NC(C)c2ccccc2[N+](=O)[O-])c1F. The molecule has 1 atom stereocenters. The molecule has 110 valence electrons. The third kappa shape index (κ3) is 2.99. The van der Waals surface area contributed by atoms with Gasteiger partial charge < -0.3 is 5.32 Å². The maximum atomic E-state index is 14.0. The summed E-state index contributed by atoms with van der Waals surface area (Å²) in [5.74, 6) is -1.43. The minimum absolute atomic E-state index is 0.0917. The highest BCUT2D eigenvalue weighted by molar-refractivity contribution is 5.53. The molecule has 0 saturated carbocycles. The molecule has 0 radical (unpaired) electrons. The van der Waals surface area contributed by atoms with Gasteiger partial charge in [-0.3, -0.25) is 10.1 Å². The van der Waals surface area contributed by atoms with Gasteiger partial charge in [-0.15, -0.1) is 0 Å². The second kappa shape index (κ2) is 5.87. The number of benzene rings is 2. The van der Waals surface area contributed by atoms with Crippen LogP contribution in [-0.2, 0) is 0 Å². The van der Waals surface area contributed by atoms with E-state index in [9.17, 15) is 18.9 Å². The van der Waals surface area contributed by atoms with Crippen molar-refractivity contribution in [3.05, 3.63) is 69.3 Å². The van der Waals surface area contributed by atoms with Crippen LogP contribution in [0, 0.1) is 28.7 Å². The number of aryl methyl sites for hydroxylation is 1. The Labute approximate surface area is 120 Å². The molecule has 1 N–H and O–H groups in total. The van der Waals surface area contributed by atoms with E-state index in [4.69, 9.17) is 0 Å². The fraction of sp³-hybridized carbons (Fsp3) is 0.200. The fourth-order valence-electron chi connectivity index (χ4n) is 2.10. The average Bonchev–Trinajstić information content (AvgIpc) is 2.47. The standard InChI is InChI=1S/C15H14F2N2O2/c1-9-7-8-12(16)15(14(9)17)18-10(2)11-5-3-4-6-13(11)19(20)21/h3-8,10,18H,1-2H3. The monoisotopic (exact) mass is 292 g/mol. The Hall–Kier alpha value is -2.50. The molecule has 0 aliphatic rings. The van der Waals surface area contributed by atoms with Crippen molar-refractivity contribution >= 4 is 11.4 Å². The molecule has 2 rings (SSSR count). The quantitative estimate of drug-likeness (QED) is 0.673. The molecule has 0 fully saturated rings. The van der Waals surface area contributed by atoms with Crippen molar-refractivity contribution in [2.45, 2.75) is 19.9 Å². The van der Waals surface area contributed by atoms with Crippen LogP contribution in [0.25, 0.3) is 0 Å². The summed E-state index contributed by atoms with van der Waals surface area (Å²) < 4.78 is 27.7. The lowest BCUT2D eigenvalue weighted by Gasteiger charge is -2.17. The van der Waals surface area contributed by atoms with E-state index in [0.717, 1.165) is 6.07 Å². The summed E-state index contributed by atoms with van der Waals surface area (Å²) in [7, 11) is 0. The van der Waals surface area contributed by atoms with Crippen molar-refractivity contribution in [3.63, 3.8) is 0 Å². The molecule has 6 heteroatoms. The molecule has 2 aromatic rings. The van der Waals surface area contributed by atoms with Crippen LogP contribution in [0.4, 0.5) is 20.2 Å². The van der Waals surface area contributed by atoms with Crippen LogP contribution in [0.3, 0.4) is 0 Å². The molecule has 0 bridgehead atoms. The Morgan fingerprint density at radius 2 is 1.86 bits per heavy atom. The Bertz CT molecular complexity index is 689. The van der Waals surface area contributed by atoms with Gasteiger partial charge in [-0.25, -0.2) is 8.78 Å². The molecule has 21 heavy (non-hydrogen) atoms. The summed E-state index contributed by atoms with van der Waals surface area (Å²) in [4.78, 5) is 10.5. The van der Waals surface area contributed by atoms with Crippen LogP contribution in [0.2, 0.25) is 0 Å². The van der Waals surface area contributed by atoms with Crippen molar-refractivity contribution in [2.75, 3.05) is 5.32 Å². The second-order valence-corrected chi connectivity index (χ2v) is 4.74. The third-order valence-electron chi connectivity index (χ3n) is 3.24. The Kier molecular flexibility index (Phi) is 4.16. The van der Waals surface area contributed by atoms with Gasteiger partial charge in [0.25, 0.3) is 5.69 Å². The first-order chi connectivity index (χ1) is 9.91. The van der Waals surface area contributed by atoms with Crippen molar-refractivity contribution in [1.29, 1.82) is 0 Å². The van der Waals surface area contributed by atoms with Crippen LogP contribution in [-0.4, -0.2) is 4.92 Å². The molecular formula is C15H14F2N2O2. The van der Waals surface area contributed by atoms with Crippen molar-refractivity contribution in [2.24, 2.45) is 0 Å².